The summed E-state index contributed by atoms with van der Waals surface area (Å²) in [6.07, 6.45) is 13.1. The molecule has 2 bridgehead atoms. The number of unbranched alkanes of at least 4 members (excludes halogenated alkanes) is 9. The number of benzene rings is 2. The molecule has 1 aliphatic heterocycles. The van der Waals surface area contributed by atoms with Crippen molar-refractivity contribution in [1.82, 2.24) is 5.32 Å². The van der Waals surface area contributed by atoms with Gasteiger partial charge in [-0.15, -0.1) is 0 Å². The summed E-state index contributed by atoms with van der Waals surface area (Å²) in [5.74, 6) is -2.52. The Kier molecular flexibility index (Phi) is 17.3. The SMILES string of the molecule is CC1Cc2cccc(c2)O1.CCCCCCCCCCCCOC(=O)c1cccc(NC(=O)C(Cl)(C(=O)CNC(N)=O)C(=O)C(C)(C)C)c1. The number of ether oxygens (including phenoxy) is 2. The number of rotatable bonds is 18. The number of hydrogen-bond acceptors (Lipinski definition) is 7. The second-order valence-electron chi connectivity index (χ2n) is 13.5. The summed E-state index contributed by atoms with van der Waals surface area (Å²) < 4.78 is 10.9. The molecule has 2 aromatic carbocycles. The van der Waals surface area contributed by atoms with E-state index in [1.54, 1.807) is 0 Å². The number of urea groups is 1. The van der Waals surface area contributed by atoms with Gasteiger partial charge in [0.05, 0.1) is 24.8 Å². The molecular formula is C38H54ClN3O7. The topological polar surface area (TPSA) is 154 Å². The highest BCUT2D eigenvalue weighted by Crippen LogP contribution is 2.31. The maximum absolute atomic E-state index is 13.1. The van der Waals surface area contributed by atoms with Crippen LogP contribution in [0.25, 0.3) is 0 Å². The molecule has 0 aliphatic carbocycles. The van der Waals surface area contributed by atoms with Crippen molar-refractivity contribution >= 4 is 46.8 Å². The molecule has 0 aromatic heterocycles. The maximum Gasteiger partial charge on any atom is 0.338 e. The lowest BCUT2D eigenvalue weighted by Crippen LogP contribution is -2.58. The molecule has 0 saturated carbocycles. The normalized spacial score (nSPS) is 14.6. The average molecular weight is 700 g/mol. The van der Waals surface area contributed by atoms with Crippen molar-refractivity contribution in [3.05, 3.63) is 59.7 Å². The van der Waals surface area contributed by atoms with Crippen LogP contribution in [0.1, 0.15) is 115 Å². The lowest BCUT2D eigenvalue weighted by molar-refractivity contribution is -0.140. The highest BCUT2D eigenvalue weighted by atomic mass is 35.5. The van der Waals surface area contributed by atoms with Crippen LogP contribution >= 0.6 is 11.6 Å². The average Bonchev–Trinajstić information content (AvgIpc) is 3.05. The van der Waals surface area contributed by atoms with Gasteiger partial charge in [-0.25, -0.2) is 9.59 Å². The minimum absolute atomic E-state index is 0.149. The monoisotopic (exact) mass is 699 g/mol. The molecule has 49 heavy (non-hydrogen) atoms. The van der Waals surface area contributed by atoms with Crippen molar-refractivity contribution in [2.45, 2.75) is 116 Å². The van der Waals surface area contributed by atoms with Gasteiger partial charge >= 0.3 is 12.0 Å². The predicted molar refractivity (Wildman–Crippen MR) is 193 cm³/mol. The third-order valence-electron chi connectivity index (χ3n) is 7.96. The maximum atomic E-state index is 13.1. The number of nitrogens with two attached hydrogens (primary N) is 1. The molecule has 3 amide bonds. The van der Waals surface area contributed by atoms with Crippen LogP contribution in [0.5, 0.6) is 5.75 Å². The van der Waals surface area contributed by atoms with Crippen LogP contribution in [0.15, 0.2) is 48.5 Å². The number of alkyl halides is 1. The zero-order valence-corrected chi connectivity index (χ0v) is 30.5. The molecule has 4 N–H and O–H groups in total. The zero-order valence-electron chi connectivity index (χ0n) is 29.7. The molecule has 0 fully saturated rings. The number of Topliss-reactive ketones (excluding diaryl/α,β-unsaturated/α-hetero) is 2. The first-order valence-electron chi connectivity index (χ1n) is 17.3. The number of anilines is 1. The highest BCUT2D eigenvalue weighted by Gasteiger charge is 2.54. The fourth-order valence-electron chi connectivity index (χ4n) is 5.29. The van der Waals surface area contributed by atoms with E-state index in [-0.39, 0.29) is 17.9 Å². The molecule has 3 rings (SSSR count). The van der Waals surface area contributed by atoms with Crippen molar-refractivity contribution in [2.75, 3.05) is 18.5 Å². The van der Waals surface area contributed by atoms with Gasteiger partial charge in [0.25, 0.3) is 5.91 Å². The van der Waals surface area contributed by atoms with Crippen molar-refractivity contribution in [1.29, 1.82) is 0 Å². The van der Waals surface area contributed by atoms with E-state index in [0.29, 0.717) is 6.10 Å². The highest BCUT2D eigenvalue weighted by molar-refractivity contribution is 6.59. The Morgan fingerprint density at radius 2 is 1.51 bits per heavy atom. The molecule has 0 saturated heterocycles. The van der Waals surface area contributed by atoms with E-state index in [9.17, 15) is 24.0 Å². The third-order valence-corrected chi connectivity index (χ3v) is 8.51. The molecule has 2 atom stereocenters. The summed E-state index contributed by atoms with van der Waals surface area (Å²) in [6, 6.07) is 13.2. The number of amides is 3. The molecule has 2 aromatic rings. The van der Waals surface area contributed by atoms with Gasteiger partial charge in [0.2, 0.25) is 4.87 Å². The van der Waals surface area contributed by atoms with Gasteiger partial charge in [0.1, 0.15) is 5.75 Å². The summed E-state index contributed by atoms with van der Waals surface area (Å²) in [5.41, 5.74) is 5.59. The van der Waals surface area contributed by atoms with Crippen LogP contribution in [-0.2, 0) is 25.5 Å². The van der Waals surface area contributed by atoms with Crippen molar-refractivity contribution in [3.63, 3.8) is 0 Å². The predicted octanol–water partition coefficient (Wildman–Crippen LogP) is 7.54. The van der Waals surface area contributed by atoms with Crippen LogP contribution < -0.4 is 21.1 Å². The van der Waals surface area contributed by atoms with Gasteiger partial charge in [-0.1, -0.05) is 115 Å². The smallest absolute Gasteiger partial charge is 0.338 e. The Bertz CT molecular complexity index is 1390. The van der Waals surface area contributed by atoms with E-state index >= 15 is 0 Å². The molecule has 270 valence electrons. The number of fused-ring (bicyclic) bond motifs is 2. The number of esters is 1. The lowest BCUT2D eigenvalue weighted by Gasteiger charge is -2.29. The summed E-state index contributed by atoms with van der Waals surface area (Å²) in [5, 5.41) is 4.51. The summed E-state index contributed by atoms with van der Waals surface area (Å²) >= 11 is 6.37. The number of ketones is 2. The second-order valence-corrected chi connectivity index (χ2v) is 14.1. The van der Waals surface area contributed by atoms with Crippen molar-refractivity contribution in [2.24, 2.45) is 11.1 Å². The molecule has 10 nitrogen and oxygen atoms in total. The van der Waals surface area contributed by atoms with Gasteiger partial charge in [-0.2, -0.15) is 0 Å². The van der Waals surface area contributed by atoms with Gasteiger partial charge in [0, 0.05) is 17.5 Å². The van der Waals surface area contributed by atoms with Crippen LogP contribution in [0.2, 0.25) is 0 Å². The zero-order chi connectivity index (χ0) is 36.5. The van der Waals surface area contributed by atoms with E-state index in [4.69, 9.17) is 26.8 Å². The number of nitrogens with one attached hydrogen (secondary N) is 2. The van der Waals surface area contributed by atoms with E-state index in [0.717, 1.165) is 31.4 Å². The Morgan fingerprint density at radius 1 is 0.898 bits per heavy atom. The van der Waals surface area contributed by atoms with Crippen molar-refractivity contribution < 1.29 is 33.4 Å². The molecule has 2 unspecified atom stereocenters. The molecule has 0 radical (unpaired) electrons. The fraction of sp³-hybridized carbons (Fsp3) is 0.553. The summed E-state index contributed by atoms with van der Waals surface area (Å²) in [7, 11) is 0. The quantitative estimate of drug-likeness (QED) is 0.0628. The molecule has 0 spiro atoms. The Hall–Kier alpha value is -3.92. The van der Waals surface area contributed by atoms with Crippen LogP contribution in [-0.4, -0.2) is 53.6 Å². The first kappa shape index (κ1) is 41.3. The van der Waals surface area contributed by atoms with Gasteiger partial charge in [-0.05, 0) is 49.2 Å². The molecule has 1 aliphatic rings. The fourth-order valence-corrected chi connectivity index (χ4v) is 5.69. The summed E-state index contributed by atoms with van der Waals surface area (Å²) in [4.78, 5) is 59.9. The number of halogens is 1. The Labute approximate surface area is 296 Å². The second kappa shape index (κ2) is 20.6. The van der Waals surface area contributed by atoms with Gasteiger partial charge in [0.15, 0.2) is 11.6 Å². The Morgan fingerprint density at radius 3 is 2.10 bits per heavy atom. The van der Waals surface area contributed by atoms with Gasteiger partial charge in [-0.3, -0.25) is 14.4 Å². The van der Waals surface area contributed by atoms with Crippen LogP contribution in [0, 0.1) is 5.41 Å². The number of hydrogen-bond donors (Lipinski definition) is 3. The van der Waals surface area contributed by atoms with E-state index in [2.05, 4.69) is 36.6 Å². The van der Waals surface area contributed by atoms with Crippen LogP contribution in [0.4, 0.5) is 10.5 Å². The first-order chi connectivity index (χ1) is 23.2. The minimum atomic E-state index is -2.62. The molecule has 11 heteroatoms. The Balaban J connectivity index is 0.000000697. The van der Waals surface area contributed by atoms with E-state index in [1.165, 1.54) is 95.5 Å². The number of primary amides is 1. The minimum Gasteiger partial charge on any atom is -0.490 e. The number of carbonyl (C=O) groups is 5. The largest absolute Gasteiger partial charge is 0.490 e. The standard InChI is InChI=1S/C29H44ClN3O6.C9H10O/c1-5-6-7-8-9-10-11-12-13-14-18-39-24(35)21-16-15-17-22(19-21)33-26(37)29(30,25(36)28(2,3)4)23(34)20-32-27(31)38;1-7-5-8-3-2-4-9(6-8)10-7/h15-17,19H,5-14,18,20H2,1-4H3,(H,33,37)(H3,31,32,38);2-4,6-7H,5H2,1H3. The number of carbonyl (C=O) groups excluding carboxylic acids is 5. The first-order valence-corrected chi connectivity index (χ1v) is 17.7. The van der Waals surface area contributed by atoms with Gasteiger partial charge < -0.3 is 25.8 Å². The molecule has 1 heterocycles. The summed E-state index contributed by atoms with van der Waals surface area (Å²) in [6.45, 7) is 8.43. The third kappa shape index (κ3) is 14.2. The van der Waals surface area contributed by atoms with Crippen molar-refractivity contribution in [3.8, 4) is 5.75 Å². The molecular weight excluding hydrogens is 646 g/mol. The van der Waals surface area contributed by atoms with E-state index in [1.807, 2.05) is 12.1 Å². The van der Waals surface area contributed by atoms with Crippen LogP contribution in [0.3, 0.4) is 0 Å². The van der Waals surface area contributed by atoms with E-state index < -0.39 is 46.3 Å². The lowest BCUT2D eigenvalue weighted by atomic mass is 9.80.